The third kappa shape index (κ3) is 3.76. The molecule has 0 aliphatic carbocycles. The van der Waals surface area contributed by atoms with Crippen molar-refractivity contribution in [2.24, 2.45) is 0 Å². The van der Waals surface area contributed by atoms with Crippen molar-refractivity contribution in [3.05, 3.63) is 64.1 Å². The van der Waals surface area contributed by atoms with E-state index in [-0.39, 0.29) is 23.2 Å². The Balaban J connectivity index is 1.86. The molecule has 140 valence electrons. The standard InChI is InChI=1S/C20H21N3O4/c1-4-27-16-10-9-13(11-17(16)26-3)12(2)21-20(25)18-14-7-5-6-8-15(14)19(24)23-22-18/h5-12H,4H2,1-3H3,(H,21,25)(H,23,24). The SMILES string of the molecule is CCOc1ccc(C(C)NC(=O)c2n[nH]c(=O)c3ccccc23)cc1OC. The molecule has 0 bridgehead atoms. The molecular weight excluding hydrogens is 346 g/mol. The quantitative estimate of drug-likeness (QED) is 0.699. The van der Waals surface area contributed by atoms with Gasteiger partial charge in [0.1, 0.15) is 0 Å². The summed E-state index contributed by atoms with van der Waals surface area (Å²) in [5, 5.41) is 10.1. The molecule has 2 N–H and O–H groups in total. The van der Waals surface area contributed by atoms with Gasteiger partial charge in [0.25, 0.3) is 11.5 Å². The Kier molecular flexibility index (Phi) is 5.40. The normalized spacial score (nSPS) is 11.8. The van der Waals surface area contributed by atoms with E-state index in [0.717, 1.165) is 5.56 Å². The predicted molar refractivity (Wildman–Crippen MR) is 102 cm³/mol. The molecule has 27 heavy (non-hydrogen) atoms. The molecule has 0 aliphatic rings. The van der Waals surface area contributed by atoms with Crippen molar-refractivity contribution in [3.8, 4) is 11.5 Å². The zero-order valence-electron chi connectivity index (χ0n) is 15.4. The molecule has 0 radical (unpaired) electrons. The first-order valence-electron chi connectivity index (χ1n) is 8.64. The first-order chi connectivity index (χ1) is 13.0. The molecule has 7 heteroatoms. The van der Waals surface area contributed by atoms with Crippen molar-refractivity contribution in [2.75, 3.05) is 13.7 Å². The molecule has 7 nitrogen and oxygen atoms in total. The summed E-state index contributed by atoms with van der Waals surface area (Å²) in [4.78, 5) is 24.6. The van der Waals surface area contributed by atoms with Crippen molar-refractivity contribution in [1.82, 2.24) is 15.5 Å². The Morgan fingerprint density at radius 3 is 2.63 bits per heavy atom. The van der Waals surface area contributed by atoms with Crippen LogP contribution in [0, 0.1) is 0 Å². The largest absolute Gasteiger partial charge is 0.493 e. The number of hydrogen-bond donors (Lipinski definition) is 2. The lowest BCUT2D eigenvalue weighted by atomic mass is 10.1. The maximum Gasteiger partial charge on any atom is 0.272 e. The third-order valence-electron chi connectivity index (χ3n) is 4.25. The summed E-state index contributed by atoms with van der Waals surface area (Å²) in [6.45, 7) is 4.30. The summed E-state index contributed by atoms with van der Waals surface area (Å²) >= 11 is 0. The molecule has 0 saturated heterocycles. The monoisotopic (exact) mass is 367 g/mol. The highest BCUT2D eigenvalue weighted by molar-refractivity contribution is 6.04. The molecule has 2 aromatic carbocycles. The van der Waals surface area contributed by atoms with E-state index < -0.39 is 0 Å². The lowest BCUT2D eigenvalue weighted by Crippen LogP contribution is -2.29. The van der Waals surface area contributed by atoms with Gasteiger partial charge in [-0.05, 0) is 37.6 Å². The number of H-pyrrole nitrogens is 1. The van der Waals surface area contributed by atoms with E-state index in [1.807, 2.05) is 32.0 Å². The van der Waals surface area contributed by atoms with Crippen LogP contribution in [0.1, 0.15) is 35.9 Å². The average molecular weight is 367 g/mol. The third-order valence-corrected chi connectivity index (χ3v) is 4.25. The van der Waals surface area contributed by atoms with Crippen LogP contribution in [0.2, 0.25) is 0 Å². The minimum absolute atomic E-state index is 0.176. The summed E-state index contributed by atoms with van der Waals surface area (Å²) in [5.74, 6) is 0.876. The summed E-state index contributed by atoms with van der Waals surface area (Å²) in [6, 6.07) is 12.1. The number of carbonyl (C=O) groups is 1. The van der Waals surface area contributed by atoms with E-state index >= 15 is 0 Å². The summed E-state index contributed by atoms with van der Waals surface area (Å²) in [6.07, 6.45) is 0. The Morgan fingerprint density at radius 2 is 1.93 bits per heavy atom. The number of aromatic amines is 1. The molecule has 0 saturated carbocycles. The number of nitrogens with one attached hydrogen (secondary N) is 2. The number of benzene rings is 2. The fourth-order valence-corrected chi connectivity index (χ4v) is 2.86. The molecule has 1 aromatic heterocycles. The molecular formula is C20H21N3O4. The summed E-state index contributed by atoms with van der Waals surface area (Å²) < 4.78 is 10.9. The van der Waals surface area contributed by atoms with Crippen molar-refractivity contribution in [2.45, 2.75) is 19.9 Å². The van der Waals surface area contributed by atoms with Crippen LogP contribution in [-0.4, -0.2) is 29.8 Å². The smallest absolute Gasteiger partial charge is 0.272 e. The van der Waals surface area contributed by atoms with Crippen LogP contribution >= 0.6 is 0 Å². The Hall–Kier alpha value is -3.35. The highest BCUT2D eigenvalue weighted by Crippen LogP contribution is 2.30. The number of methoxy groups -OCH3 is 1. The predicted octanol–water partition coefficient (Wildman–Crippen LogP) is 2.82. The van der Waals surface area contributed by atoms with Crippen LogP contribution in [0.3, 0.4) is 0 Å². The second-order valence-corrected chi connectivity index (χ2v) is 5.99. The summed E-state index contributed by atoms with van der Waals surface area (Å²) in [7, 11) is 1.57. The number of ether oxygens (including phenoxy) is 2. The van der Waals surface area contributed by atoms with Crippen LogP contribution in [-0.2, 0) is 0 Å². The van der Waals surface area contributed by atoms with Crippen molar-refractivity contribution in [3.63, 3.8) is 0 Å². The molecule has 1 atom stereocenters. The number of nitrogens with zero attached hydrogens (tertiary/aromatic N) is 1. The molecule has 1 unspecified atom stereocenters. The van der Waals surface area contributed by atoms with Gasteiger partial charge in [0.05, 0.1) is 25.1 Å². The second-order valence-electron chi connectivity index (χ2n) is 5.99. The fraction of sp³-hybridized carbons (Fsp3) is 0.250. The van der Waals surface area contributed by atoms with Gasteiger partial charge in [-0.3, -0.25) is 9.59 Å². The van der Waals surface area contributed by atoms with Crippen LogP contribution in [0.15, 0.2) is 47.3 Å². The maximum absolute atomic E-state index is 12.7. The lowest BCUT2D eigenvalue weighted by molar-refractivity contribution is 0.0935. The van der Waals surface area contributed by atoms with E-state index in [9.17, 15) is 9.59 Å². The fourth-order valence-electron chi connectivity index (χ4n) is 2.86. The van der Waals surface area contributed by atoms with Gasteiger partial charge in [0.2, 0.25) is 0 Å². The minimum Gasteiger partial charge on any atom is -0.493 e. The van der Waals surface area contributed by atoms with Crippen LogP contribution in [0.4, 0.5) is 0 Å². The average Bonchev–Trinajstić information content (AvgIpc) is 2.68. The van der Waals surface area contributed by atoms with Gasteiger partial charge in [-0.2, -0.15) is 5.10 Å². The van der Waals surface area contributed by atoms with Gasteiger partial charge in [-0.25, -0.2) is 5.10 Å². The summed E-state index contributed by atoms with van der Waals surface area (Å²) in [5.41, 5.74) is 0.707. The zero-order valence-corrected chi connectivity index (χ0v) is 15.4. The first kappa shape index (κ1) is 18.4. The van der Waals surface area contributed by atoms with Crippen LogP contribution in [0.5, 0.6) is 11.5 Å². The van der Waals surface area contributed by atoms with Crippen molar-refractivity contribution in [1.29, 1.82) is 0 Å². The number of aromatic nitrogens is 2. The molecule has 0 aliphatic heterocycles. The van der Waals surface area contributed by atoms with Gasteiger partial charge in [0.15, 0.2) is 17.2 Å². The number of carbonyl (C=O) groups excluding carboxylic acids is 1. The van der Waals surface area contributed by atoms with Gasteiger partial charge in [0, 0.05) is 5.39 Å². The highest BCUT2D eigenvalue weighted by atomic mass is 16.5. The Bertz CT molecular complexity index is 1030. The molecule has 3 rings (SSSR count). The van der Waals surface area contributed by atoms with E-state index in [4.69, 9.17) is 9.47 Å². The topological polar surface area (TPSA) is 93.3 Å². The van der Waals surface area contributed by atoms with E-state index in [1.165, 1.54) is 0 Å². The van der Waals surface area contributed by atoms with E-state index in [1.54, 1.807) is 31.4 Å². The van der Waals surface area contributed by atoms with Crippen molar-refractivity contribution < 1.29 is 14.3 Å². The van der Waals surface area contributed by atoms with Gasteiger partial charge in [-0.1, -0.05) is 24.3 Å². The van der Waals surface area contributed by atoms with E-state index in [2.05, 4.69) is 15.5 Å². The van der Waals surface area contributed by atoms with Crippen molar-refractivity contribution >= 4 is 16.7 Å². The second kappa shape index (κ2) is 7.90. The molecule has 3 aromatic rings. The number of rotatable bonds is 6. The molecule has 1 heterocycles. The molecule has 1 amide bonds. The highest BCUT2D eigenvalue weighted by Gasteiger charge is 2.18. The van der Waals surface area contributed by atoms with Crippen LogP contribution < -0.4 is 20.3 Å². The van der Waals surface area contributed by atoms with Gasteiger partial charge in [-0.15, -0.1) is 0 Å². The lowest BCUT2D eigenvalue weighted by Gasteiger charge is -2.17. The molecule has 0 spiro atoms. The maximum atomic E-state index is 12.7. The van der Waals surface area contributed by atoms with E-state index in [0.29, 0.717) is 28.9 Å². The number of amides is 1. The molecule has 0 fully saturated rings. The number of hydrogen-bond acceptors (Lipinski definition) is 5. The minimum atomic E-state index is -0.372. The number of fused-ring (bicyclic) bond motifs is 1. The Labute approximate surface area is 156 Å². The first-order valence-corrected chi connectivity index (χ1v) is 8.64. The van der Waals surface area contributed by atoms with Crippen LogP contribution in [0.25, 0.3) is 10.8 Å². The Morgan fingerprint density at radius 1 is 1.19 bits per heavy atom. The van der Waals surface area contributed by atoms with Gasteiger partial charge >= 0.3 is 0 Å². The zero-order chi connectivity index (χ0) is 19.4. The van der Waals surface area contributed by atoms with Gasteiger partial charge < -0.3 is 14.8 Å².